The van der Waals surface area contributed by atoms with Gasteiger partial charge in [-0.15, -0.1) is 0 Å². The Morgan fingerprint density at radius 1 is 1.07 bits per heavy atom. The first-order chi connectivity index (χ1) is 14.0. The van der Waals surface area contributed by atoms with E-state index in [1.54, 1.807) is 12.3 Å². The van der Waals surface area contributed by atoms with Gasteiger partial charge in [-0.1, -0.05) is 29.3 Å². The summed E-state index contributed by atoms with van der Waals surface area (Å²) < 4.78 is 16.2. The van der Waals surface area contributed by atoms with Gasteiger partial charge in [-0.3, -0.25) is 0 Å². The van der Waals surface area contributed by atoms with E-state index in [-0.39, 0.29) is 5.95 Å². The van der Waals surface area contributed by atoms with Crippen LogP contribution in [0.3, 0.4) is 0 Å². The molecule has 0 unspecified atom stereocenters. The highest BCUT2D eigenvalue weighted by atomic mass is 35.5. The van der Waals surface area contributed by atoms with Gasteiger partial charge in [0.2, 0.25) is 5.95 Å². The summed E-state index contributed by atoms with van der Waals surface area (Å²) in [5, 5.41) is 1.45. The summed E-state index contributed by atoms with van der Waals surface area (Å²) in [4.78, 5) is 13.4. The van der Waals surface area contributed by atoms with Crippen LogP contribution in [-0.4, -0.2) is 42.4 Å². The standard InChI is InChI=1S/C20H18Cl2N4O3/c1-27-13-8-14(28-2)17(22)15(16(13)21)12-7-11-9-24-20(23)26-19(11)18(25-12)10-3-5-29-6-4-10/h3,7-9H,4-6H2,1-2H3,(H2,23,24,26). The Labute approximate surface area is 177 Å². The third-order valence-electron chi connectivity index (χ3n) is 4.68. The molecule has 29 heavy (non-hydrogen) atoms. The maximum atomic E-state index is 6.60. The lowest BCUT2D eigenvalue weighted by atomic mass is 10.0. The minimum Gasteiger partial charge on any atom is -0.495 e. The fourth-order valence-electron chi connectivity index (χ4n) is 3.26. The average molecular weight is 433 g/mol. The number of methoxy groups -OCH3 is 2. The average Bonchev–Trinajstić information content (AvgIpc) is 2.74. The molecule has 150 valence electrons. The molecule has 1 aromatic carbocycles. The van der Waals surface area contributed by atoms with Crippen LogP contribution in [0.4, 0.5) is 5.95 Å². The highest BCUT2D eigenvalue weighted by Gasteiger charge is 2.22. The number of nitrogen functional groups attached to an aromatic ring is 1. The monoisotopic (exact) mass is 432 g/mol. The molecule has 0 atom stereocenters. The van der Waals surface area contributed by atoms with E-state index < -0.39 is 0 Å². The Kier molecular flexibility index (Phi) is 5.45. The number of hydrogen-bond acceptors (Lipinski definition) is 7. The lowest BCUT2D eigenvalue weighted by molar-refractivity contribution is 0.161. The van der Waals surface area contributed by atoms with E-state index in [0.29, 0.717) is 63.6 Å². The highest BCUT2D eigenvalue weighted by molar-refractivity contribution is 6.41. The molecule has 0 saturated heterocycles. The number of aromatic nitrogens is 3. The number of benzene rings is 1. The zero-order chi connectivity index (χ0) is 20.5. The van der Waals surface area contributed by atoms with E-state index >= 15 is 0 Å². The highest BCUT2D eigenvalue weighted by Crippen LogP contribution is 2.46. The van der Waals surface area contributed by atoms with Gasteiger partial charge in [-0.2, -0.15) is 0 Å². The Morgan fingerprint density at radius 2 is 1.79 bits per heavy atom. The summed E-state index contributed by atoms with van der Waals surface area (Å²) in [5.74, 6) is 1.05. The molecule has 0 saturated carbocycles. The van der Waals surface area contributed by atoms with Crippen molar-refractivity contribution in [3.05, 3.63) is 40.1 Å². The number of rotatable bonds is 4. The smallest absolute Gasteiger partial charge is 0.220 e. The van der Waals surface area contributed by atoms with Gasteiger partial charge < -0.3 is 19.9 Å². The molecular formula is C20H18Cl2N4O3. The molecule has 3 heterocycles. The van der Waals surface area contributed by atoms with Crippen LogP contribution in [-0.2, 0) is 4.74 Å². The van der Waals surface area contributed by atoms with E-state index in [0.717, 1.165) is 11.0 Å². The number of nitrogens with zero attached hydrogens (tertiary/aromatic N) is 3. The number of hydrogen-bond donors (Lipinski definition) is 1. The predicted molar refractivity (Wildman–Crippen MR) is 114 cm³/mol. The van der Waals surface area contributed by atoms with Crippen LogP contribution in [0.1, 0.15) is 12.1 Å². The number of ether oxygens (including phenoxy) is 3. The number of halogens is 2. The van der Waals surface area contributed by atoms with Crippen LogP contribution >= 0.6 is 23.2 Å². The summed E-state index contributed by atoms with van der Waals surface area (Å²) in [6, 6.07) is 3.46. The molecule has 0 aliphatic carbocycles. The molecule has 1 aliphatic rings. The topological polar surface area (TPSA) is 92.4 Å². The molecule has 3 aromatic rings. The van der Waals surface area contributed by atoms with Crippen molar-refractivity contribution in [1.82, 2.24) is 15.0 Å². The molecule has 9 heteroatoms. The molecule has 2 N–H and O–H groups in total. The lowest BCUT2D eigenvalue weighted by Gasteiger charge is -2.18. The third kappa shape index (κ3) is 3.57. The van der Waals surface area contributed by atoms with Crippen molar-refractivity contribution >= 4 is 45.6 Å². The Bertz CT molecular complexity index is 1110. The van der Waals surface area contributed by atoms with Crippen LogP contribution in [0.2, 0.25) is 10.0 Å². The molecule has 0 fully saturated rings. The Hall–Kier alpha value is -2.61. The summed E-state index contributed by atoms with van der Waals surface area (Å²) in [7, 11) is 3.06. The van der Waals surface area contributed by atoms with E-state index in [1.165, 1.54) is 14.2 Å². The summed E-state index contributed by atoms with van der Waals surface area (Å²) in [6.45, 7) is 1.12. The molecule has 2 aromatic heterocycles. The van der Waals surface area contributed by atoms with E-state index in [1.807, 2.05) is 12.1 Å². The molecule has 4 rings (SSSR count). The molecule has 7 nitrogen and oxygen atoms in total. The molecule has 0 bridgehead atoms. The van der Waals surface area contributed by atoms with E-state index in [4.69, 9.17) is 48.1 Å². The molecular weight excluding hydrogens is 415 g/mol. The lowest BCUT2D eigenvalue weighted by Crippen LogP contribution is -2.07. The fraction of sp³-hybridized carbons (Fsp3) is 0.250. The minimum atomic E-state index is 0.181. The van der Waals surface area contributed by atoms with Crippen LogP contribution < -0.4 is 15.2 Å². The van der Waals surface area contributed by atoms with Gasteiger partial charge in [0.1, 0.15) is 17.0 Å². The second kappa shape index (κ2) is 8.02. The number of anilines is 1. The third-order valence-corrected chi connectivity index (χ3v) is 5.43. The zero-order valence-corrected chi connectivity index (χ0v) is 17.3. The first kappa shape index (κ1) is 19.7. The van der Waals surface area contributed by atoms with Gasteiger partial charge >= 0.3 is 0 Å². The summed E-state index contributed by atoms with van der Waals surface area (Å²) >= 11 is 13.2. The van der Waals surface area contributed by atoms with Crippen molar-refractivity contribution in [1.29, 1.82) is 0 Å². The second-order valence-corrected chi connectivity index (χ2v) is 7.12. The molecule has 0 amide bonds. The minimum absolute atomic E-state index is 0.181. The van der Waals surface area contributed by atoms with Crippen molar-refractivity contribution in [3.63, 3.8) is 0 Å². The number of fused-ring (bicyclic) bond motifs is 1. The molecule has 0 spiro atoms. The number of pyridine rings is 1. The molecule has 0 radical (unpaired) electrons. The van der Waals surface area contributed by atoms with Crippen LogP contribution in [0.5, 0.6) is 11.5 Å². The van der Waals surface area contributed by atoms with Crippen molar-refractivity contribution < 1.29 is 14.2 Å². The first-order valence-electron chi connectivity index (χ1n) is 8.84. The molecule has 1 aliphatic heterocycles. The van der Waals surface area contributed by atoms with Gasteiger partial charge in [0, 0.05) is 23.2 Å². The predicted octanol–water partition coefficient (Wildman–Crippen LogP) is 4.40. The van der Waals surface area contributed by atoms with Crippen LogP contribution in [0, 0.1) is 0 Å². The zero-order valence-electron chi connectivity index (χ0n) is 15.8. The number of nitrogens with two attached hydrogens (primary N) is 1. The van der Waals surface area contributed by atoms with Crippen molar-refractivity contribution in [2.24, 2.45) is 0 Å². The SMILES string of the molecule is COc1cc(OC)c(Cl)c(-c2cc3cnc(N)nc3c(C3=CCOCC3)n2)c1Cl. The van der Waals surface area contributed by atoms with Gasteiger partial charge in [0.25, 0.3) is 0 Å². The maximum Gasteiger partial charge on any atom is 0.220 e. The second-order valence-electron chi connectivity index (χ2n) is 6.36. The van der Waals surface area contributed by atoms with Gasteiger partial charge in [0.15, 0.2) is 0 Å². The normalized spacial score (nSPS) is 14.0. The first-order valence-corrected chi connectivity index (χ1v) is 9.59. The summed E-state index contributed by atoms with van der Waals surface area (Å²) in [6.07, 6.45) is 4.35. The van der Waals surface area contributed by atoms with Crippen molar-refractivity contribution in [3.8, 4) is 22.8 Å². The van der Waals surface area contributed by atoms with Gasteiger partial charge in [-0.05, 0) is 18.1 Å². The fourth-order valence-corrected chi connectivity index (χ4v) is 3.95. The van der Waals surface area contributed by atoms with E-state index in [9.17, 15) is 0 Å². The quantitative estimate of drug-likeness (QED) is 0.652. The maximum absolute atomic E-state index is 6.60. The van der Waals surface area contributed by atoms with Crippen molar-refractivity contribution in [2.45, 2.75) is 6.42 Å². The Balaban J connectivity index is 2.03. The van der Waals surface area contributed by atoms with Crippen molar-refractivity contribution in [2.75, 3.05) is 33.2 Å². The van der Waals surface area contributed by atoms with Crippen LogP contribution in [0.15, 0.2) is 24.4 Å². The van der Waals surface area contributed by atoms with Crippen LogP contribution in [0.25, 0.3) is 27.7 Å². The van der Waals surface area contributed by atoms with Gasteiger partial charge in [0.05, 0.1) is 48.9 Å². The Morgan fingerprint density at radius 3 is 2.41 bits per heavy atom. The largest absolute Gasteiger partial charge is 0.495 e. The summed E-state index contributed by atoms with van der Waals surface area (Å²) in [5.41, 5.74) is 9.27. The van der Waals surface area contributed by atoms with Gasteiger partial charge in [-0.25, -0.2) is 15.0 Å². The van der Waals surface area contributed by atoms with E-state index in [2.05, 4.69) is 9.97 Å².